The second-order valence-corrected chi connectivity index (χ2v) is 5.54. The number of rotatable bonds is 5. The molecule has 1 unspecified atom stereocenters. The van der Waals surface area contributed by atoms with Crippen molar-refractivity contribution in [3.8, 4) is 5.75 Å². The lowest BCUT2D eigenvalue weighted by molar-refractivity contribution is 0.412. The van der Waals surface area contributed by atoms with Crippen LogP contribution < -0.4 is 16.0 Å². The molecule has 1 heterocycles. The molecule has 1 aromatic carbocycles. The summed E-state index contributed by atoms with van der Waals surface area (Å²) >= 11 is 3.50. The van der Waals surface area contributed by atoms with Gasteiger partial charge in [0.1, 0.15) is 5.75 Å². The molecule has 2 rings (SSSR count). The average molecular weight is 336 g/mol. The highest BCUT2D eigenvalue weighted by Crippen LogP contribution is 2.27. The fourth-order valence-corrected chi connectivity index (χ4v) is 2.70. The van der Waals surface area contributed by atoms with Crippen LogP contribution in [0.2, 0.25) is 0 Å². The van der Waals surface area contributed by atoms with Crippen LogP contribution in [0, 0.1) is 6.92 Å². The molecule has 4 nitrogen and oxygen atoms in total. The molecule has 0 fully saturated rings. The molecule has 0 saturated heterocycles. The third kappa shape index (κ3) is 3.56. The summed E-state index contributed by atoms with van der Waals surface area (Å²) < 4.78 is 6.17. The van der Waals surface area contributed by atoms with Crippen molar-refractivity contribution in [3.63, 3.8) is 0 Å². The Bertz CT molecular complexity index is 589. The van der Waals surface area contributed by atoms with E-state index in [1.165, 1.54) is 5.56 Å². The van der Waals surface area contributed by atoms with Crippen molar-refractivity contribution in [1.82, 2.24) is 10.4 Å². The zero-order valence-corrected chi connectivity index (χ0v) is 13.1. The van der Waals surface area contributed by atoms with Gasteiger partial charge in [0.15, 0.2) is 0 Å². The SMILES string of the molecule is COc1ccc(CC(NN)c2cncc(C)c2)cc1Br. The van der Waals surface area contributed by atoms with Gasteiger partial charge in [-0.1, -0.05) is 12.1 Å². The topological polar surface area (TPSA) is 60.2 Å². The Morgan fingerprint density at radius 2 is 2.15 bits per heavy atom. The minimum Gasteiger partial charge on any atom is -0.496 e. The maximum atomic E-state index is 5.68. The fourth-order valence-electron chi connectivity index (χ4n) is 2.11. The van der Waals surface area contributed by atoms with E-state index in [1.807, 2.05) is 37.5 Å². The zero-order chi connectivity index (χ0) is 14.5. The number of nitrogens with one attached hydrogen (secondary N) is 1. The normalized spacial score (nSPS) is 12.2. The summed E-state index contributed by atoms with van der Waals surface area (Å²) in [6.07, 6.45) is 4.46. The van der Waals surface area contributed by atoms with E-state index in [0.717, 1.165) is 27.8 Å². The summed E-state index contributed by atoms with van der Waals surface area (Å²) in [7, 11) is 1.66. The molecule has 0 saturated carbocycles. The number of hydrogen-bond acceptors (Lipinski definition) is 4. The van der Waals surface area contributed by atoms with Gasteiger partial charge < -0.3 is 4.74 Å². The van der Waals surface area contributed by atoms with Crippen molar-refractivity contribution >= 4 is 15.9 Å². The largest absolute Gasteiger partial charge is 0.496 e. The van der Waals surface area contributed by atoms with Crippen LogP contribution in [0.1, 0.15) is 22.7 Å². The van der Waals surface area contributed by atoms with E-state index < -0.39 is 0 Å². The fraction of sp³-hybridized carbons (Fsp3) is 0.267. The highest BCUT2D eigenvalue weighted by Gasteiger charge is 2.12. The van der Waals surface area contributed by atoms with Crippen molar-refractivity contribution in [1.29, 1.82) is 0 Å². The number of nitrogens with two attached hydrogens (primary N) is 1. The molecule has 0 amide bonds. The Morgan fingerprint density at radius 3 is 2.75 bits per heavy atom. The average Bonchev–Trinajstić information content (AvgIpc) is 2.45. The van der Waals surface area contributed by atoms with Crippen molar-refractivity contribution in [2.24, 2.45) is 5.84 Å². The highest BCUT2D eigenvalue weighted by molar-refractivity contribution is 9.10. The highest BCUT2D eigenvalue weighted by atomic mass is 79.9. The Balaban J connectivity index is 2.20. The van der Waals surface area contributed by atoms with Gasteiger partial charge in [0.2, 0.25) is 0 Å². The number of halogens is 1. The van der Waals surface area contributed by atoms with Crippen LogP contribution in [-0.2, 0) is 6.42 Å². The molecule has 0 aliphatic carbocycles. The monoisotopic (exact) mass is 335 g/mol. The van der Waals surface area contributed by atoms with Gasteiger partial charge in [-0.3, -0.25) is 16.3 Å². The van der Waals surface area contributed by atoms with Crippen molar-refractivity contribution < 1.29 is 4.74 Å². The Morgan fingerprint density at radius 1 is 1.35 bits per heavy atom. The lowest BCUT2D eigenvalue weighted by atomic mass is 10.00. The van der Waals surface area contributed by atoms with Gasteiger partial charge in [-0.05, 0) is 58.1 Å². The smallest absolute Gasteiger partial charge is 0.133 e. The van der Waals surface area contributed by atoms with E-state index in [9.17, 15) is 0 Å². The summed E-state index contributed by atoms with van der Waals surface area (Å²) in [5, 5.41) is 0. The molecule has 1 atom stereocenters. The van der Waals surface area contributed by atoms with Crippen molar-refractivity contribution in [3.05, 3.63) is 57.8 Å². The first-order chi connectivity index (χ1) is 9.63. The molecule has 0 aliphatic heterocycles. The first-order valence-electron chi connectivity index (χ1n) is 6.34. The van der Waals surface area contributed by atoms with Crippen molar-refractivity contribution in [2.45, 2.75) is 19.4 Å². The minimum absolute atomic E-state index is 0.0303. The quantitative estimate of drug-likeness (QED) is 0.651. The van der Waals surface area contributed by atoms with E-state index >= 15 is 0 Å². The maximum absolute atomic E-state index is 5.68. The van der Waals surface area contributed by atoms with E-state index in [-0.39, 0.29) is 6.04 Å². The molecule has 20 heavy (non-hydrogen) atoms. The van der Waals surface area contributed by atoms with Crippen LogP contribution in [0.4, 0.5) is 0 Å². The van der Waals surface area contributed by atoms with Crippen LogP contribution in [0.15, 0.2) is 41.1 Å². The van der Waals surface area contributed by atoms with E-state index in [0.29, 0.717) is 0 Å². The summed E-state index contributed by atoms with van der Waals surface area (Å²) in [5.41, 5.74) is 6.23. The van der Waals surface area contributed by atoms with E-state index in [4.69, 9.17) is 10.6 Å². The number of methoxy groups -OCH3 is 1. The third-order valence-electron chi connectivity index (χ3n) is 3.16. The molecule has 0 radical (unpaired) electrons. The number of aromatic nitrogens is 1. The Kier molecular flexibility index (Phi) is 5.11. The van der Waals surface area contributed by atoms with Gasteiger partial charge in [-0.15, -0.1) is 0 Å². The molecular weight excluding hydrogens is 318 g/mol. The molecule has 106 valence electrons. The lowest BCUT2D eigenvalue weighted by Crippen LogP contribution is -2.29. The number of nitrogens with zero attached hydrogens (tertiary/aromatic N) is 1. The van der Waals surface area contributed by atoms with Gasteiger partial charge in [0.25, 0.3) is 0 Å². The molecule has 0 bridgehead atoms. The minimum atomic E-state index is 0.0303. The van der Waals surface area contributed by atoms with Crippen LogP contribution in [0.5, 0.6) is 5.75 Å². The Hall–Kier alpha value is -1.43. The van der Waals surface area contributed by atoms with Gasteiger partial charge in [-0.2, -0.15) is 0 Å². The number of benzene rings is 1. The lowest BCUT2D eigenvalue weighted by Gasteiger charge is -2.17. The maximum Gasteiger partial charge on any atom is 0.133 e. The van der Waals surface area contributed by atoms with Gasteiger partial charge >= 0.3 is 0 Å². The van der Waals surface area contributed by atoms with Crippen LogP contribution in [0.25, 0.3) is 0 Å². The second-order valence-electron chi connectivity index (χ2n) is 4.69. The molecule has 5 heteroatoms. The number of pyridine rings is 1. The van der Waals surface area contributed by atoms with Gasteiger partial charge in [-0.25, -0.2) is 0 Å². The molecule has 3 N–H and O–H groups in total. The molecule has 2 aromatic rings. The summed E-state index contributed by atoms with van der Waals surface area (Å²) in [6.45, 7) is 2.02. The predicted octanol–water partition coefficient (Wildman–Crippen LogP) is 2.91. The third-order valence-corrected chi connectivity index (χ3v) is 3.78. The van der Waals surface area contributed by atoms with Crippen LogP contribution in [-0.4, -0.2) is 12.1 Å². The summed E-state index contributed by atoms with van der Waals surface area (Å²) in [6, 6.07) is 8.16. The number of ether oxygens (including phenoxy) is 1. The van der Waals surface area contributed by atoms with Crippen molar-refractivity contribution in [2.75, 3.05) is 7.11 Å². The van der Waals surface area contributed by atoms with Gasteiger partial charge in [0.05, 0.1) is 17.6 Å². The summed E-state index contributed by atoms with van der Waals surface area (Å²) in [4.78, 5) is 4.21. The first kappa shape index (κ1) is 15.0. The van der Waals surface area contributed by atoms with E-state index in [1.54, 1.807) is 7.11 Å². The number of hydrazine groups is 1. The summed E-state index contributed by atoms with van der Waals surface area (Å²) in [5.74, 6) is 6.51. The molecule has 0 spiro atoms. The standard InChI is InChI=1S/C15H18BrN3O/c1-10-5-12(9-18-8-10)14(19-17)7-11-3-4-15(20-2)13(16)6-11/h3-6,8-9,14,19H,7,17H2,1-2H3. The zero-order valence-electron chi connectivity index (χ0n) is 11.6. The molecule has 0 aliphatic rings. The molecule has 1 aromatic heterocycles. The number of hydrogen-bond donors (Lipinski definition) is 2. The van der Waals surface area contributed by atoms with Gasteiger partial charge in [0, 0.05) is 12.4 Å². The second kappa shape index (κ2) is 6.83. The molecular formula is C15H18BrN3O. The van der Waals surface area contributed by atoms with Crippen LogP contribution >= 0.6 is 15.9 Å². The first-order valence-corrected chi connectivity index (χ1v) is 7.13. The van der Waals surface area contributed by atoms with E-state index in [2.05, 4.69) is 32.4 Å². The predicted molar refractivity (Wildman–Crippen MR) is 83.4 cm³/mol. The number of aryl methyl sites for hydroxylation is 1. The Labute approximate surface area is 127 Å². The van der Waals surface area contributed by atoms with Crippen LogP contribution in [0.3, 0.4) is 0 Å².